The highest BCUT2D eigenvalue weighted by molar-refractivity contribution is 5.05. The number of aliphatic hydroxyl groups excluding tert-OH is 1. The lowest BCUT2D eigenvalue weighted by atomic mass is 9.94. The summed E-state index contributed by atoms with van der Waals surface area (Å²) in [5, 5.41) is 9.78. The lowest BCUT2D eigenvalue weighted by molar-refractivity contribution is 0.144. The van der Waals surface area contributed by atoms with Crippen LogP contribution in [0.4, 0.5) is 0 Å². The molecule has 1 nitrogen and oxygen atoms in total. The molecule has 0 aliphatic rings. The molecule has 0 aromatic carbocycles. The fourth-order valence-corrected chi connectivity index (χ4v) is 1.50. The second-order valence-electron chi connectivity index (χ2n) is 3.57. The fraction of sp³-hybridized carbons (Fsp3) is 0.818. The standard InChI is InChI=1S/C11H22O/c1-5-7-9(3)11(12)10(4)8-6-2/h7,10-12H,5-6,8H2,1-4H3. The molecule has 0 aromatic rings. The topological polar surface area (TPSA) is 20.2 Å². The molecule has 0 fully saturated rings. The zero-order valence-corrected chi connectivity index (χ0v) is 8.80. The summed E-state index contributed by atoms with van der Waals surface area (Å²) in [5.41, 5.74) is 1.12. The zero-order chi connectivity index (χ0) is 9.56. The van der Waals surface area contributed by atoms with E-state index < -0.39 is 0 Å². The van der Waals surface area contributed by atoms with E-state index in [0.717, 1.165) is 24.8 Å². The van der Waals surface area contributed by atoms with Crippen molar-refractivity contribution in [2.24, 2.45) is 5.92 Å². The molecule has 72 valence electrons. The third-order valence-corrected chi connectivity index (χ3v) is 2.28. The molecule has 0 saturated carbocycles. The molecule has 0 saturated heterocycles. The van der Waals surface area contributed by atoms with E-state index in [1.54, 1.807) is 0 Å². The van der Waals surface area contributed by atoms with Gasteiger partial charge in [0, 0.05) is 0 Å². The van der Waals surface area contributed by atoms with Gasteiger partial charge in [-0.3, -0.25) is 0 Å². The Morgan fingerprint density at radius 2 is 2.00 bits per heavy atom. The highest BCUT2D eigenvalue weighted by Gasteiger charge is 2.13. The Kier molecular flexibility index (Phi) is 6.09. The summed E-state index contributed by atoms with van der Waals surface area (Å²) in [6, 6.07) is 0. The Bertz CT molecular complexity index is 138. The smallest absolute Gasteiger partial charge is 0.0772 e. The van der Waals surface area contributed by atoms with Crippen LogP contribution in [0.2, 0.25) is 0 Å². The first-order chi connectivity index (χ1) is 5.63. The van der Waals surface area contributed by atoms with Crippen molar-refractivity contribution >= 4 is 0 Å². The largest absolute Gasteiger partial charge is 0.388 e. The molecule has 1 heteroatoms. The second-order valence-corrected chi connectivity index (χ2v) is 3.57. The van der Waals surface area contributed by atoms with Gasteiger partial charge < -0.3 is 5.11 Å². The average molecular weight is 170 g/mol. The van der Waals surface area contributed by atoms with Crippen LogP contribution in [0.1, 0.15) is 47.0 Å². The van der Waals surface area contributed by atoms with Gasteiger partial charge in [-0.1, -0.05) is 33.3 Å². The van der Waals surface area contributed by atoms with Crippen LogP contribution in [-0.4, -0.2) is 11.2 Å². The van der Waals surface area contributed by atoms with Crippen molar-refractivity contribution < 1.29 is 5.11 Å². The van der Waals surface area contributed by atoms with E-state index in [9.17, 15) is 5.11 Å². The first-order valence-corrected chi connectivity index (χ1v) is 4.98. The van der Waals surface area contributed by atoms with Gasteiger partial charge in [0.25, 0.3) is 0 Å². The number of rotatable bonds is 5. The predicted molar refractivity (Wildman–Crippen MR) is 54.1 cm³/mol. The molecular weight excluding hydrogens is 148 g/mol. The molecular formula is C11H22O. The molecule has 1 N–H and O–H groups in total. The SMILES string of the molecule is CCC=C(C)C(O)C(C)CCC. The molecule has 2 unspecified atom stereocenters. The average Bonchev–Trinajstić information content (AvgIpc) is 2.04. The monoisotopic (exact) mass is 170 g/mol. The van der Waals surface area contributed by atoms with E-state index in [1.165, 1.54) is 0 Å². The summed E-state index contributed by atoms with van der Waals surface area (Å²) in [5.74, 6) is 0.401. The minimum absolute atomic E-state index is 0.232. The van der Waals surface area contributed by atoms with Crippen molar-refractivity contribution in [2.75, 3.05) is 0 Å². The molecule has 0 amide bonds. The summed E-state index contributed by atoms with van der Waals surface area (Å²) < 4.78 is 0. The number of hydrogen-bond donors (Lipinski definition) is 1. The number of hydrogen-bond acceptors (Lipinski definition) is 1. The van der Waals surface area contributed by atoms with Crippen molar-refractivity contribution in [3.05, 3.63) is 11.6 Å². The maximum absolute atomic E-state index is 9.78. The van der Waals surface area contributed by atoms with E-state index in [-0.39, 0.29) is 6.10 Å². The van der Waals surface area contributed by atoms with Crippen molar-refractivity contribution in [2.45, 2.75) is 53.1 Å². The Labute approximate surface area is 76.5 Å². The van der Waals surface area contributed by atoms with Gasteiger partial charge in [0.2, 0.25) is 0 Å². The van der Waals surface area contributed by atoms with Gasteiger partial charge in [0.15, 0.2) is 0 Å². The van der Waals surface area contributed by atoms with Crippen molar-refractivity contribution in [1.29, 1.82) is 0 Å². The second kappa shape index (κ2) is 6.24. The fourth-order valence-electron chi connectivity index (χ4n) is 1.50. The minimum Gasteiger partial charge on any atom is -0.388 e. The highest BCUT2D eigenvalue weighted by atomic mass is 16.3. The van der Waals surface area contributed by atoms with Crippen molar-refractivity contribution in [3.8, 4) is 0 Å². The van der Waals surface area contributed by atoms with E-state index >= 15 is 0 Å². The lowest BCUT2D eigenvalue weighted by Crippen LogP contribution is -2.18. The molecule has 0 aromatic heterocycles. The summed E-state index contributed by atoms with van der Waals surface area (Å²) in [7, 11) is 0. The summed E-state index contributed by atoms with van der Waals surface area (Å²) >= 11 is 0. The van der Waals surface area contributed by atoms with E-state index in [0.29, 0.717) is 5.92 Å². The normalized spacial score (nSPS) is 17.6. The minimum atomic E-state index is -0.232. The summed E-state index contributed by atoms with van der Waals surface area (Å²) in [6.07, 6.45) is 5.15. The molecule has 0 bridgehead atoms. The summed E-state index contributed by atoms with van der Waals surface area (Å²) in [4.78, 5) is 0. The predicted octanol–water partition coefficient (Wildman–Crippen LogP) is 3.14. The Balaban J connectivity index is 3.99. The van der Waals surface area contributed by atoms with Gasteiger partial charge in [-0.15, -0.1) is 0 Å². The van der Waals surface area contributed by atoms with Gasteiger partial charge in [-0.05, 0) is 31.3 Å². The van der Waals surface area contributed by atoms with Crippen molar-refractivity contribution in [1.82, 2.24) is 0 Å². The molecule has 2 atom stereocenters. The zero-order valence-electron chi connectivity index (χ0n) is 8.80. The van der Waals surface area contributed by atoms with Crippen LogP contribution < -0.4 is 0 Å². The van der Waals surface area contributed by atoms with Crippen LogP contribution in [-0.2, 0) is 0 Å². The third-order valence-electron chi connectivity index (χ3n) is 2.28. The van der Waals surface area contributed by atoms with Crippen LogP contribution in [0.3, 0.4) is 0 Å². The quantitative estimate of drug-likeness (QED) is 0.628. The van der Waals surface area contributed by atoms with Crippen LogP contribution in [0.5, 0.6) is 0 Å². The molecule has 0 spiro atoms. The van der Waals surface area contributed by atoms with E-state index in [2.05, 4.69) is 26.8 Å². The molecule has 0 heterocycles. The summed E-state index contributed by atoms with van der Waals surface area (Å²) in [6.45, 7) is 8.38. The third kappa shape index (κ3) is 3.91. The molecule has 0 aliphatic carbocycles. The van der Waals surface area contributed by atoms with Gasteiger partial charge in [0.1, 0.15) is 0 Å². The molecule has 0 radical (unpaired) electrons. The van der Waals surface area contributed by atoms with Crippen LogP contribution in [0.25, 0.3) is 0 Å². The van der Waals surface area contributed by atoms with Gasteiger partial charge in [0.05, 0.1) is 6.10 Å². The Morgan fingerprint density at radius 3 is 2.42 bits per heavy atom. The number of aliphatic hydroxyl groups is 1. The maximum Gasteiger partial charge on any atom is 0.0772 e. The Morgan fingerprint density at radius 1 is 1.42 bits per heavy atom. The molecule has 0 rings (SSSR count). The van der Waals surface area contributed by atoms with Crippen LogP contribution in [0.15, 0.2) is 11.6 Å². The molecule has 0 aliphatic heterocycles. The first kappa shape index (κ1) is 11.7. The van der Waals surface area contributed by atoms with Gasteiger partial charge >= 0.3 is 0 Å². The lowest BCUT2D eigenvalue weighted by Gasteiger charge is -2.18. The molecule has 12 heavy (non-hydrogen) atoms. The first-order valence-electron chi connectivity index (χ1n) is 4.98. The van der Waals surface area contributed by atoms with E-state index in [4.69, 9.17) is 0 Å². The van der Waals surface area contributed by atoms with Gasteiger partial charge in [-0.25, -0.2) is 0 Å². The van der Waals surface area contributed by atoms with Crippen molar-refractivity contribution in [3.63, 3.8) is 0 Å². The number of allylic oxidation sites excluding steroid dienone is 1. The Hall–Kier alpha value is -0.300. The van der Waals surface area contributed by atoms with Gasteiger partial charge in [-0.2, -0.15) is 0 Å². The van der Waals surface area contributed by atoms with E-state index in [1.807, 2.05) is 6.92 Å². The van der Waals surface area contributed by atoms with Crippen LogP contribution >= 0.6 is 0 Å². The highest BCUT2D eigenvalue weighted by Crippen LogP contribution is 2.17. The van der Waals surface area contributed by atoms with Crippen LogP contribution in [0, 0.1) is 5.92 Å². The maximum atomic E-state index is 9.78.